The van der Waals surface area contributed by atoms with Gasteiger partial charge >= 0.3 is 11.9 Å². The topological polar surface area (TPSA) is 102 Å². The summed E-state index contributed by atoms with van der Waals surface area (Å²) in [5.41, 5.74) is 0.898. The van der Waals surface area contributed by atoms with Gasteiger partial charge in [-0.2, -0.15) is 0 Å². The van der Waals surface area contributed by atoms with E-state index < -0.39 is 17.4 Å². The standard InChI is InChI=1S/C44H62ClNO6S/c1-25(2)36-28(47)22-44(23-34(46-11)51-26(3)29-13-15-33(45)53-29)21-20-42(9)27(37(36)44)12-14-31-41(8)18-17-32(52-35(48)24-39(4,5)38(49)50)40(6,7)30(41)16-19-43(31,42)10/h13,15,25,27,30-32H,3,12,14,16-24H2,1-2,4-11H3,(H,49,50)/b46-34-/t27-,30+,31-,32+,41+,42-,43-,44+/m1/s1. The van der Waals surface area contributed by atoms with Gasteiger partial charge < -0.3 is 14.6 Å². The number of allylic oxidation sites excluding steroid dienone is 2. The Morgan fingerprint density at radius 2 is 1.72 bits per heavy atom. The zero-order valence-corrected chi connectivity index (χ0v) is 35.3. The molecule has 8 atom stereocenters. The van der Waals surface area contributed by atoms with E-state index in [-0.39, 0.29) is 45.5 Å². The largest absolute Gasteiger partial charge is 0.481 e. The minimum Gasteiger partial charge on any atom is -0.481 e. The number of carboxylic acid groups (broad SMARTS) is 1. The van der Waals surface area contributed by atoms with Crippen molar-refractivity contribution in [2.45, 2.75) is 139 Å². The van der Waals surface area contributed by atoms with E-state index in [9.17, 15) is 19.5 Å². The Morgan fingerprint density at radius 1 is 1.02 bits per heavy atom. The molecule has 0 unspecified atom stereocenters. The van der Waals surface area contributed by atoms with Gasteiger partial charge in [0.25, 0.3) is 0 Å². The molecule has 0 aliphatic heterocycles. The van der Waals surface area contributed by atoms with Gasteiger partial charge in [-0.1, -0.05) is 72.2 Å². The maximum Gasteiger partial charge on any atom is 0.309 e. The van der Waals surface area contributed by atoms with Crippen LogP contribution in [0.4, 0.5) is 0 Å². The van der Waals surface area contributed by atoms with Gasteiger partial charge in [-0.05, 0) is 123 Å². The molecule has 5 aliphatic rings. The second kappa shape index (κ2) is 13.6. The lowest BCUT2D eigenvalue weighted by Crippen LogP contribution is -2.65. The summed E-state index contributed by atoms with van der Waals surface area (Å²) in [4.78, 5) is 44.5. The molecule has 0 amide bonds. The lowest BCUT2D eigenvalue weighted by atomic mass is 9.33. The van der Waals surface area contributed by atoms with Crippen molar-refractivity contribution in [1.82, 2.24) is 0 Å². The van der Waals surface area contributed by atoms with Crippen LogP contribution in [0.5, 0.6) is 0 Å². The SMILES string of the molecule is C=C(O/C(C[C@@]12CC[C@]3(C)[C@H](CC[C@@H]4[C@@]5(C)CC[C@H](OC(=O)CC(C)(C)C(=O)O)C(C)(C)[C@@H]5CC[C@]43C)C1=C(C(C)C)C(=O)C2)=N\C)c1ccc(Cl)s1. The van der Waals surface area contributed by atoms with Crippen LogP contribution in [0.15, 0.2) is 34.9 Å². The summed E-state index contributed by atoms with van der Waals surface area (Å²) in [7, 11) is 1.77. The Balaban J connectivity index is 1.28. The highest BCUT2D eigenvalue weighted by Gasteiger charge is 2.70. The molecule has 1 N–H and O–H groups in total. The fraction of sp³-hybridized carbons (Fsp3) is 0.727. The number of ketones is 1. The number of nitrogens with zero attached hydrogens (tertiary/aromatic N) is 1. The van der Waals surface area contributed by atoms with Crippen LogP contribution in [0.3, 0.4) is 0 Å². The van der Waals surface area contributed by atoms with E-state index in [1.807, 2.05) is 12.1 Å². The minimum absolute atomic E-state index is 0.0189. The van der Waals surface area contributed by atoms with Crippen LogP contribution >= 0.6 is 22.9 Å². The molecule has 0 saturated heterocycles. The van der Waals surface area contributed by atoms with E-state index in [0.29, 0.717) is 52.4 Å². The number of ether oxygens (including phenoxy) is 2. The Kier molecular flexibility index (Phi) is 10.3. The predicted octanol–water partition coefficient (Wildman–Crippen LogP) is 11.2. The smallest absolute Gasteiger partial charge is 0.309 e. The van der Waals surface area contributed by atoms with Crippen LogP contribution in [0.2, 0.25) is 4.34 Å². The molecule has 5 aliphatic carbocycles. The van der Waals surface area contributed by atoms with Crippen molar-refractivity contribution < 1.29 is 29.0 Å². The van der Waals surface area contributed by atoms with Crippen LogP contribution in [0.1, 0.15) is 138 Å². The van der Waals surface area contributed by atoms with Gasteiger partial charge in [0.05, 0.1) is 21.0 Å². The summed E-state index contributed by atoms with van der Waals surface area (Å²) in [6.07, 6.45) is 8.80. The molecule has 0 radical (unpaired) electrons. The summed E-state index contributed by atoms with van der Waals surface area (Å²) in [5.74, 6) is 1.38. The lowest BCUT2D eigenvalue weighted by Gasteiger charge is -2.72. The number of Topliss-reactive ketones (excluding diaryl/α,β-unsaturated/α-hetero) is 1. The molecule has 6 rings (SSSR count). The van der Waals surface area contributed by atoms with Gasteiger partial charge in [-0.25, -0.2) is 0 Å². The van der Waals surface area contributed by atoms with Crippen molar-refractivity contribution in [1.29, 1.82) is 0 Å². The van der Waals surface area contributed by atoms with Gasteiger partial charge in [-0.15, -0.1) is 11.3 Å². The molecule has 7 nitrogen and oxygen atoms in total. The van der Waals surface area contributed by atoms with Crippen molar-refractivity contribution in [2.75, 3.05) is 7.05 Å². The molecule has 1 aromatic heterocycles. The van der Waals surface area contributed by atoms with E-state index in [4.69, 9.17) is 21.1 Å². The van der Waals surface area contributed by atoms with E-state index in [0.717, 1.165) is 61.8 Å². The molecule has 53 heavy (non-hydrogen) atoms. The van der Waals surface area contributed by atoms with E-state index in [2.05, 4.69) is 60.0 Å². The zero-order chi connectivity index (χ0) is 39.1. The molecule has 292 valence electrons. The van der Waals surface area contributed by atoms with Crippen molar-refractivity contribution >= 4 is 52.3 Å². The van der Waals surface area contributed by atoms with Crippen molar-refractivity contribution in [3.63, 3.8) is 0 Å². The number of carbonyl (C=O) groups is 3. The minimum atomic E-state index is -1.16. The molecule has 1 aromatic rings. The molecule has 4 saturated carbocycles. The first-order valence-corrected chi connectivity index (χ1v) is 21.0. The highest BCUT2D eigenvalue weighted by molar-refractivity contribution is 7.17. The van der Waals surface area contributed by atoms with Gasteiger partial charge in [0.15, 0.2) is 11.7 Å². The average molecular weight is 769 g/mol. The fourth-order valence-corrected chi connectivity index (χ4v) is 13.8. The molecular weight excluding hydrogens is 706 g/mol. The number of hydrogen-bond acceptors (Lipinski definition) is 7. The number of aliphatic carboxylic acids is 1. The molecule has 0 aromatic carbocycles. The lowest BCUT2D eigenvalue weighted by molar-refractivity contribution is -0.233. The van der Waals surface area contributed by atoms with E-state index in [1.165, 1.54) is 16.9 Å². The maximum atomic E-state index is 14.1. The Morgan fingerprint density at radius 3 is 2.32 bits per heavy atom. The highest BCUT2D eigenvalue weighted by Crippen LogP contribution is 2.77. The second-order valence-corrected chi connectivity index (χ2v) is 21.3. The quantitative estimate of drug-likeness (QED) is 0.116. The number of rotatable bonds is 9. The Labute approximate surface area is 326 Å². The predicted molar refractivity (Wildman–Crippen MR) is 213 cm³/mol. The first-order valence-electron chi connectivity index (χ1n) is 19.8. The van der Waals surface area contributed by atoms with Crippen LogP contribution in [-0.4, -0.2) is 41.9 Å². The molecule has 1 heterocycles. The van der Waals surface area contributed by atoms with Gasteiger partial charge in [0.1, 0.15) is 11.9 Å². The van der Waals surface area contributed by atoms with Crippen LogP contribution in [0, 0.1) is 56.2 Å². The molecule has 4 fully saturated rings. The zero-order valence-electron chi connectivity index (χ0n) is 33.7. The van der Waals surface area contributed by atoms with E-state index in [1.54, 1.807) is 20.9 Å². The van der Waals surface area contributed by atoms with E-state index >= 15 is 0 Å². The first-order chi connectivity index (χ1) is 24.6. The number of fused-ring (bicyclic) bond motifs is 7. The number of carbonyl (C=O) groups excluding carboxylic acids is 2. The van der Waals surface area contributed by atoms with Gasteiger partial charge in [-0.3, -0.25) is 19.4 Å². The average Bonchev–Trinajstić information content (AvgIpc) is 3.62. The Hall–Kier alpha value is -2.45. The van der Waals surface area contributed by atoms with Gasteiger partial charge in [0.2, 0.25) is 0 Å². The number of carboxylic acids is 1. The molecular formula is C44H62ClNO6S. The van der Waals surface area contributed by atoms with Crippen molar-refractivity contribution in [3.05, 3.63) is 39.1 Å². The third-order valence-corrected chi connectivity index (χ3v) is 17.1. The van der Waals surface area contributed by atoms with Gasteiger partial charge in [0, 0.05) is 30.7 Å². The van der Waals surface area contributed by atoms with Crippen molar-refractivity contribution in [3.8, 4) is 0 Å². The van der Waals surface area contributed by atoms with Crippen molar-refractivity contribution in [2.24, 2.45) is 61.2 Å². The molecule has 0 spiro atoms. The number of thiophene rings is 1. The summed E-state index contributed by atoms with van der Waals surface area (Å²) in [5, 5.41) is 9.62. The summed E-state index contributed by atoms with van der Waals surface area (Å²) in [6, 6.07) is 3.77. The normalized spacial score (nSPS) is 36.7. The highest BCUT2D eigenvalue weighted by atomic mass is 35.5. The Bertz CT molecular complexity index is 1750. The van der Waals surface area contributed by atoms with Crippen LogP contribution in [-0.2, 0) is 23.9 Å². The third-order valence-electron chi connectivity index (χ3n) is 15.8. The summed E-state index contributed by atoms with van der Waals surface area (Å²) < 4.78 is 13.2. The fourth-order valence-electron chi connectivity index (χ4n) is 12.9. The number of halogens is 1. The molecule has 0 bridgehead atoms. The van der Waals surface area contributed by atoms with Crippen LogP contribution < -0.4 is 0 Å². The van der Waals surface area contributed by atoms with Crippen LogP contribution in [0.25, 0.3) is 5.76 Å². The first kappa shape index (κ1) is 40.2. The second-order valence-electron chi connectivity index (χ2n) is 19.6. The molecule has 9 heteroatoms. The number of esters is 1. The summed E-state index contributed by atoms with van der Waals surface area (Å²) >= 11 is 7.66. The maximum absolute atomic E-state index is 14.1. The third kappa shape index (κ3) is 6.38. The summed E-state index contributed by atoms with van der Waals surface area (Å²) in [6.45, 7) is 24.0. The number of aliphatic imine (C=N–C) groups is 1. The number of hydrogen-bond donors (Lipinski definition) is 1. The monoisotopic (exact) mass is 767 g/mol.